The summed E-state index contributed by atoms with van der Waals surface area (Å²) in [6, 6.07) is 5.58. The third-order valence-electron chi connectivity index (χ3n) is 6.60. The number of rotatable bonds is 4. The molecule has 206 valence electrons. The molecular formula is C25H20F6N4O3S. The third kappa shape index (κ3) is 5.40. The smallest absolute Gasteiger partial charge is 0.391 e. The van der Waals surface area contributed by atoms with E-state index in [0.29, 0.717) is 35.5 Å². The first-order valence-electron chi connectivity index (χ1n) is 11.7. The summed E-state index contributed by atoms with van der Waals surface area (Å²) in [5.74, 6) is -0.532. The molecule has 2 saturated heterocycles. The van der Waals surface area contributed by atoms with Crippen LogP contribution in [0.2, 0.25) is 0 Å². The van der Waals surface area contributed by atoms with Gasteiger partial charge in [0.05, 0.1) is 46.4 Å². The number of alkyl halides is 6. The molecule has 0 aliphatic carbocycles. The molecule has 14 heteroatoms. The van der Waals surface area contributed by atoms with Gasteiger partial charge in [-0.05, 0) is 66.2 Å². The van der Waals surface area contributed by atoms with Gasteiger partial charge in [0, 0.05) is 11.9 Å². The van der Waals surface area contributed by atoms with E-state index in [-0.39, 0.29) is 23.1 Å². The lowest BCUT2D eigenvalue weighted by molar-refractivity contribution is -0.143. The normalized spacial score (nSPS) is 21.9. The summed E-state index contributed by atoms with van der Waals surface area (Å²) in [5.41, 5.74) is -2.22. The standard InChI is InChI=1S/C25H20F6N4O3S/c26-24(27,28)16-3-2-14(17(9-16)25(29,30)31)12-34-18-4-1-13(7-15(18)10-33-34)8-21-22(37)35(23(38)39-21)19-11-32-6-5-20(19)36/h1-4,7-10,19-20,32,36H,5-6,11-12H2/b21-8-/t19?,20-/m0/s1. The molecule has 0 bridgehead atoms. The lowest BCUT2D eigenvalue weighted by atomic mass is 10.0. The van der Waals surface area contributed by atoms with Crippen LogP contribution in [0.3, 0.4) is 0 Å². The van der Waals surface area contributed by atoms with Crippen LogP contribution in [-0.4, -0.2) is 56.2 Å². The molecule has 2 amide bonds. The summed E-state index contributed by atoms with van der Waals surface area (Å²) >= 11 is 0.744. The highest BCUT2D eigenvalue weighted by molar-refractivity contribution is 8.18. The molecule has 5 rings (SSSR count). The van der Waals surface area contributed by atoms with Crippen molar-refractivity contribution < 1.29 is 41.0 Å². The average Bonchev–Trinajstić information content (AvgIpc) is 3.37. The van der Waals surface area contributed by atoms with Crippen LogP contribution < -0.4 is 5.32 Å². The van der Waals surface area contributed by atoms with Gasteiger partial charge in [-0.1, -0.05) is 12.1 Å². The minimum atomic E-state index is -5.00. The molecule has 39 heavy (non-hydrogen) atoms. The summed E-state index contributed by atoms with van der Waals surface area (Å²) in [6.07, 6.45) is -7.46. The molecule has 0 radical (unpaired) electrons. The number of amides is 2. The summed E-state index contributed by atoms with van der Waals surface area (Å²) in [6.45, 7) is 0.437. The third-order valence-corrected chi connectivity index (χ3v) is 7.48. The minimum absolute atomic E-state index is 0.0918. The number of thioether (sulfide) groups is 1. The maximum Gasteiger partial charge on any atom is 0.416 e. The topological polar surface area (TPSA) is 87.5 Å². The molecule has 2 aliphatic rings. The van der Waals surface area contributed by atoms with Crippen molar-refractivity contribution in [2.24, 2.45) is 0 Å². The number of fused-ring (bicyclic) bond motifs is 1. The Morgan fingerprint density at radius 2 is 1.85 bits per heavy atom. The van der Waals surface area contributed by atoms with E-state index >= 15 is 0 Å². The Balaban J connectivity index is 1.40. The maximum absolute atomic E-state index is 13.6. The first kappa shape index (κ1) is 27.2. The minimum Gasteiger partial charge on any atom is -0.391 e. The van der Waals surface area contributed by atoms with Gasteiger partial charge in [0.25, 0.3) is 11.1 Å². The number of nitrogens with zero attached hydrogens (tertiary/aromatic N) is 3. The second-order valence-electron chi connectivity index (χ2n) is 9.17. The zero-order chi connectivity index (χ0) is 28.1. The molecule has 1 unspecified atom stereocenters. The SMILES string of the molecule is O=C1S/C(=C\c2ccc3c(cnn3Cc3ccc(C(F)(F)F)cc3C(F)(F)F)c2)C(=O)N1C1CNCC[C@@H]1O. The molecular weight excluding hydrogens is 550 g/mol. The number of imide groups is 1. The van der Waals surface area contributed by atoms with E-state index in [9.17, 15) is 41.0 Å². The Bertz CT molecular complexity index is 1480. The van der Waals surface area contributed by atoms with E-state index in [0.717, 1.165) is 22.7 Å². The van der Waals surface area contributed by atoms with Gasteiger partial charge < -0.3 is 10.4 Å². The van der Waals surface area contributed by atoms with Crippen LogP contribution in [0.5, 0.6) is 0 Å². The number of piperidine rings is 1. The fraction of sp³-hybridized carbons (Fsp3) is 0.320. The monoisotopic (exact) mass is 570 g/mol. The molecule has 2 N–H and O–H groups in total. The van der Waals surface area contributed by atoms with Crippen molar-refractivity contribution >= 4 is 39.9 Å². The Labute approximate surface area is 221 Å². The quantitative estimate of drug-likeness (QED) is 0.344. The molecule has 0 spiro atoms. The van der Waals surface area contributed by atoms with Crippen molar-refractivity contribution in [1.29, 1.82) is 0 Å². The van der Waals surface area contributed by atoms with Crippen molar-refractivity contribution in [2.45, 2.75) is 37.5 Å². The van der Waals surface area contributed by atoms with Crippen molar-refractivity contribution in [3.63, 3.8) is 0 Å². The fourth-order valence-electron chi connectivity index (χ4n) is 4.65. The molecule has 2 atom stereocenters. The van der Waals surface area contributed by atoms with Crippen LogP contribution in [0.1, 0.15) is 28.7 Å². The van der Waals surface area contributed by atoms with Gasteiger partial charge in [0.15, 0.2) is 0 Å². The lowest BCUT2D eigenvalue weighted by Crippen LogP contribution is -2.55. The number of carbonyl (C=O) groups excluding carboxylic acids is 2. The predicted octanol–water partition coefficient (Wildman–Crippen LogP) is 4.88. The number of aromatic nitrogens is 2. The van der Waals surface area contributed by atoms with Crippen molar-refractivity contribution in [3.8, 4) is 0 Å². The molecule has 7 nitrogen and oxygen atoms in total. The molecule has 2 fully saturated rings. The van der Waals surface area contributed by atoms with Crippen molar-refractivity contribution in [3.05, 3.63) is 69.8 Å². The molecule has 3 heterocycles. The van der Waals surface area contributed by atoms with E-state index in [4.69, 9.17) is 0 Å². The Kier molecular flexibility index (Phi) is 6.97. The number of carbonyl (C=O) groups is 2. The zero-order valence-electron chi connectivity index (χ0n) is 19.9. The molecule has 2 aromatic carbocycles. The number of benzene rings is 2. The second kappa shape index (κ2) is 9.99. The van der Waals surface area contributed by atoms with E-state index in [1.165, 1.54) is 17.0 Å². The number of halogens is 6. The van der Waals surface area contributed by atoms with Crippen LogP contribution in [0.25, 0.3) is 17.0 Å². The predicted molar refractivity (Wildman–Crippen MR) is 130 cm³/mol. The number of hydrogen-bond acceptors (Lipinski definition) is 6. The molecule has 3 aromatic rings. The van der Waals surface area contributed by atoms with Crippen LogP contribution in [0.15, 0.2) is 47.5 Å². The zero-order valence-corrected chi connectivity index (χ0v) is 20.7. The molecule has 0 saturated carbocycles. The Hall–Kier alpha value is -3.36. The van der Waals surface area contributed by atoms with E-state index in [1.54, 1.807) is 18.2 Å². The van der Waals surface area contributed by atoms with E-state index in [2.05, 4.69) is 10.4 Å². The maximum atomic E-state index is 13.6. The second-order valence-corrected chi connectivity index (χ2v) is 10.2. The number of nitrogens with one attached hydrogen (secondary N) is 1. The van der Waals surface area contributed by atoms with E-state index < -0.39 is 53.3 Å². The average molecular weight is 571 g/mol. The van der Waals surface area contributed by atoms with Gasteiger partial charge in [-0.3, -0.25) is 19.2 Å². The lowest BCUT2D eigenvalue weighted by Gasteiger charge is -2.33. The summed E-state index contributed by atoms with van der Waals surface area (Å²) < 4.78 is 80.9. The summed E-state index contributed by atoms with van der Waals surface area (Å²) in [4.78, 5) is 26.7. The number of hydrogen-bond donors (Lipinski definition) is 2. The highest BCUT2D eigenvalue weighted by atomic mass is 32.2. The number of aliphatic hydroxyl groups is 1. The first-order valence-corrected chi connectivity index (χ1v) is 12.5. The summed E-state index contributed by atoms with van der Waals surface area (Å²) in [5, 5.41) is 17.4. The Morgan fingerprint density at radius 1 is 1.08 bits per heavy atom. The fourth-order valence-corrected chi connectivity index (χ4v) is 5.53. The van der Waals surface area contributed by atoms with Gasteiger partial charge in [0.1, 0.15) is 0 Å². The van der Waals surface area contributed by atoms with Gasteiger partial charge >= 0.3 is 12.4 Å². The van der Waals surface area contributed by atoms with E-state index in [1.807, 2.05) is 0 Å². The van der Waals surface area contributed by atoms with Gasteiger partial charge in [-0.15, -0.1) is 0 Å². The highest BCUT2D eigenvalue weighted by Crippen LogP contribution is 2.38. The Morgan fingerprint density at radius 3 is 2.54 bits per heavy atom. The highest BCUT2D eigenvalue weighted by Gasteiger charge is 2.43. The van der Waals surface area contributed by atoms with Crippen LogP contribution in [-0.2, 0) is 23.7 Å². The summed E-state index contributed by atoms with van der Waals surface area (Å²) in [7, 11) is 0. The van der Waals surface area contributed by atoms with Gasteiger partial charge in [0.2, 0.25) is 0 Å². The van der Waals surface area contributed by atoms with Crippen LogP contribution >= 0.6 is 11.8 Å². The first-order chi connectivity index (χ1) is 18.3. The van der Waals surface area contributed by atoms with Crippen molar-refractivity contribution in [2.75, 3.05) is 13.1 Å². The molecule has 2 aliphatic heterocycles. The van der Waals surface area contributed by atoms with Gasteiger partial charge in [-0.2, -0.15) is 31.4 Å². The van der Waals surface area contributed by atoms with Gasteiger partial charge in [-0.25, -0.2) is 0 Å². The van der Waals surface area contributed by atoms with Crippen LogP contribution in [0.4, 0.5) is 31.1 Å². The van der Waals surface area contributed by atoms with Crippen LogP contribution in [0, 0.1) is 0 Å². The van der Waals surface area contributed by atoms with Crippen molar-refractivity contribution in [1.82, 2.24) is 20.0 Å². The molecule has 1 aromatic heterocycles. The largest absolute Gasteiger partial charge is 0.416 e. The number of aliphatic hydroxyl groups excluding tert-OH is 1.